The Hall–Kier alpha value is -1.32. The maximum atomic E-state index is 9.00. The lowest BCUT2D eigenvalue weighted by Gasteiger charge is -2.15. The summed E-state index contributed by atoms with van der Waals surface area (Å²) >= 11 is 0. The van der Waals surface area contributed by atoms with Crippen LogP contribution in [0.1, 0.15) is 25.3 Å². The Morgan fingerprint density at radius 2 is 2.11 bits per heavy atom. The Balaban J connectivity index is 2.12. The lowest BCUT2D eigenvalue weighted by molar-refractivity contribution is 0.262. The smallest absolute Gasteiger partial charge is 0.0481 e. The van der Waals surface area contributed by atoms with Gasteiger partial charge in [-0.25, -0.2) is 0 Å². The fourth-order valence-corrected chi connectivity index (χ4v) is 2.43. The number of para-hydroxylation sites is 1. The fourth-order valence-electron chi connectivity index (χ4n) is 2.43. The number of aliphatic hydroxyl groups excluding tert-OH is 1. The summed E-state index contributed by atoms with van der Waals surface area (Å²) in [5, 5.41) is 13.8. The van der Waals surface area contributed by atoms with E-state index >= 15 is 0 Å². The summed E-state index contributed by atoms with van der Waals surface area (Å²) in [6.07, 6.45) is 4.05. The van der Waals surface area contributed by atoms with Gasteiger partial charge in [0.15, 0.2) is 0 Å². The van der Waals surface area contributed by atoms with Crippen LogP contribution in [0.25, 0.3) is 10.9 Å². The highest BCUT2D eigenvalue weighted by Gasteiger charge is 2.08. The monoisotopic (exact) mass is 246 g/mol. The zero-order valence-corrected chi connectivity index (χ0v) is 11.2. The number of benzene rings is 1. The van der Waals surface area contributed by atoms with E-state index in [2.05, 4.69) is 54.3 Å². The zero-order chi connectivity index (χ0) is 13.0. The molecule has 2 rings (SSSR count). The molecule has 1 unspecified atom stereocenters. The molecule has 3 nitrogen and oxygen atoms in total. The van der Waals surface area contributed by atoms with Crippen molar-refractivity contribution < 1.29 is 5.11 Å². The SMILES string of the molecule is CCC(CCO)NCc1cn(C)c2ccccc12. The molecular formula is C15H22N2O. The second kappa shape index (κ2) is 6.03. The maximum Gasteiger partial charge on any atom is 0.0481 e. The highest BCUT2D eigenvalue weighted by atomic mass is 16.3. The van der Waals surface area contributed by atoms with Crippen LogP contribution in [0.5, 0.6) is 0 Å². The number of nitrogens with zero attached hydrogens (tertiary/aromatic N) is 1. The van der Waals surface area contributed by atoms with E-state index in [9.17, 15) is 0 Å². The molecule has 0 aliphatic heterocycles. The lowest BCUT2D eigenvalue weighted by Crippen LogP contribution is -2.28. The molecule has 2 aromatic rings. The van der Waals surface area contributed by atoms with Crippen LogP contribution >= 0.6 is 0 Å². The minimum Gasteiger partial charge on any atom is -0.396 e. The number of aromatic nitrogens is 1. The van der Waals surface area contributed by atoms with E-state index in [1.165, 1.54) is 16.5 Å². The molecule has 1 aromatic heterocycles. The van der Waals surface area contributed by atoms with Crippen molar-refractivity contribution in [2.24, 2.45) is 7.05 Å². The van der Waals surface area contributed by atoms with Crippen molar-refractivity contribution in [3.63, 3.8) is 0 Å². The zero-order valence-electron chi connectivity index (χ0n) is 11.2. The Kier molecular flexibility index (Phi) is 4.39. The molecule has 0 aliphatic rings. The van der Waals surface area contributed by atoms with E-state index in [0.29, 0.717) is 6.04 Å². The van der Waals surface area contributed by atoms with Gasteiger partial charge in [-0.1, -0.05) is 25.1 Å². The van der Waals surface area contributed by atoms with E-state index in [4.69, 9.17) is 5.11 Å². The van der Waals surface area contributed by atoms with Crippen LogP contribution in [-0.2, 0) is 13.6 Å². The average molecular weight is 246 g/mol. The van der Waals surface area contributed by atoms with Crippen molar-refractivity contribution in [3.05, 3.63) is 36.0 Å². The minimum absolute atomic E-state index is 0.251. The van der Waals surface area contributed by atoms with Crippen molar-refractivity contribution in [1.29, 1.82) is 0 Å². The third-order valence-electron chi connectivity index (χ3n) is 3.53. The quantitative estimate of drug-likeness (QED) is 0.821. The van der Waals surface area contributed by atoms with Crippen molar-refractivity contribution in [1.82, 2.24) is 9.88 Å². The topological polar surface area (TPSA) is 37.2 Å². The molecule has 0 saturated heterocycles. The van der Waals surface area contributed by atoms with Gasteiger partial charge in [0.25, 0.3) is 0 Å². The second-order valence-electron chi connectivity index (χ2n) is 4.78. The van der Waals surface area contributed by atoms with Crippen molar-refractivity contribution in [2.75, 3.05) is 6.61 Å². The van der Waals surface area contributed by atoms with Crippen LogP contribution in [0.15, 0.2) is 30.5 Å². The molecule has 1 heterocycles. The number of hydrogen-bond donors (Lipinski definition) is 2. The molecule has 3 heteroatoms. The van der Waals surface area contributed by atoms with Gasteiger partial charge in [0, 0.05) is 43.3 Å². The van der Waals surface area contributed by atoms with Crippen molar-refractivity contribution in [3.8, 4) is 0 Å². The molecule has 2 N–H and O–H groups in total. The molecule has 0 fully saturated rings. The number of hydrogen-bond acceptors (Lipinski definition) is 2. The van der Waals surface area contributed by atoms with E-state index in [1.807, 2.05) is 0 Å². The van der Waals surface area contributed by atoms with Crippen molar-refractivity contribution in [2.45, 2.75) is 32.4 Å². The standard InChI is InChI=1S/C15H22N2O/c1-3-13(8-9-18)16-10-12-11-17(2)15-7-5-4-6-14(12)15/h4-7,11,13,16,18H,3,8-10H2,1-2H3. The first-order valence-corrected chi connectivity index (χ1v) is 6.63. The summed E-state index contributed by atoms with van der Waals surface area (Å²) < 4.78 is 2.17. The number of rotatable bonds is 6. The largest absolute Gasteiger partial charge is 0.396 e. The Morgan fingerprint density at radius 1 is 1.33 bits per heavy atom. The molecule has 18 heavy (non-hydrogen) atoms. The van der Waals surface area contributed by atoms with Gasteiger partial charge in [0.1, 0.15) is 0 Å². The predicted octanol–water partition coefficient (Wildman–Crippen LogP) is 2.43. The normalized spacial score (nSPS) is 13.1. The molecule has 1 atom stereocenters. The fraction of sp³-hybridized carbons (Fsp3) is 0.467. The van der Waals surface area contributed by atoms with Gasteiger partial charge < -0.3 is 15.0 Å². The summed E-state index contributed by atoms with van der Waals surface area (Å²) in [4.78, 5) is 0. The van der Waals surface area contributed by atoms with Crippen LogP contribution in [0.2, 0.25) is 0 Å². The van der Waals surface area contributed by atoms with E-state index in [-0.39, 0.29) is 6.61 Å². The summed E-state index contributed by atoms with van der Waals surface area (Å²) in [7, 11) is 2.08. The summed E-state index contributed by atoms with van der Waals surface area (Å²) in [5.41, 5.74) is 2.59. The van der Waals surface area contributed by atoms with E-state index < -0.39 is 0 Å². The number of aryl methyl sites for hydroxylation is 1. The van der Waals surface area contributed by atoms with E-state index in [0.717, 1.165) is 19.4 Å². The molecular weight excluding hydrogens is 224 g/mol. The van der Waals surface area contributed by atoms with Gasteiger partial charge in [0.05, 0.1) is 0 Å². The van der Waals surface area contributed by atoms with Crippen LogP contribution in [0, 0.1) is 0 Å². The Bertz CT molecular complexity index is 504. The molecule has 0 aliphatic carbocycles. The minimum atomic E-state index is 0.251. The van der Waals surface area contributed by atoms with Crippen LogP contribution in [-0.4, -0.2) is 22.3 Å². The second-order valence-corrected chi connectivity index (χ2v) is 4.78. The molecule has 98 valence electrons. The first-order chi connectivity index (χ1) is 8.76. The van der Waals surface area contributed by atoms with Gasteiger partial charge >= 0.3 is 0 Å². The highest BCUT2D eigenvalue weighted by Crippen LogP contribution is 2.20. The van der Waals surface area contributed by atoms with Crippen LogP contribution in [0.4, 0.5) is 0 Å². The van der Waals surface area contributed by atoms with E-state index in [1.54, 1.807) is 0 Å². The van der Waals surface area contributed by atoms with Gasteiger partial charge in [-0.05, 0) is 24.5 Å². The van der Waals surface area contributed by atoms with Crippen LogP contribution < -0.4 is 5.32 Å². The third-order valence-corrected chi connectivity index (χ3v) is 3.53. The molecule has 0 spiro atoms. The predicted molar refractivity (Wildman–Crippen MR) is 75.5 cm³/mol. The Labute approximate surface area is 108 Å². The first kappa shape index (κ1) is 13.1. The number of fused-ring (bicyclic) bond motifs is 1. The highest BCUT2D eigenvalue weighted by molar-refractivity contribution is 5.83. The van der Waals surface area contributed by atoms with Gasteiger partial charge in [0.2, 0.25) is 0 Å². The summed E-state index contributed by atoms with van der Waals surface area (Å²) in [6, 6.07) is 8.86. The number of aliphatic hydroxyl groups is 1. The van der Waals surface area contributed by atoms with Crippen molar-refractivity contribution >= 4 is 10.9 Å². The van der Waals surface area contributed by atoms with Gasteiger partial charge in [-0.15, -0.1) is 0 Å². The third kappa shape index (κ3) is 2.74. The average Bonchev–Trinajstić information content (AvgIpc) is 2.72. The number of nitrogens with one attached hydrogen (secondary N) is 1. The van der Waals surface area contributed by atoms with Gasteiger partial charge in [-0.3, -0.25) is 0 Å². The molecule has 0 amide bonds. The molecule has 1 aromatic carbocycles. The summed E-state index contributed by atoms with van der Waals surface area (Å²) in [6.45, 7) is 3.26. The lowest BCUT2D eigenvalue weighted by atomic mass is 10.1. The molecule has 0 radical (unpaired) electrons. The van der Waals surface area contributed by atoms with Crippen LogP contribution in [0.3, 0.4) is 0 Å². The molecule has 0 saturated carbocycles. The summed E-state index contributed by atoms with van der Waals surface area (Å²) in [5.74, 6) is 0. The Morgan fingerprint density at radius 3 is 2.83 bits per heavy atom. The molecule has 0 bridgehead atoms. The van der Waals surface area contributed by atoms with Gasteiger partial charge in [-0.2, -0.15) is 0 Å². The first-order valence-electron chi connectivity index (χ1n) is 6.63. The maximum absolute atomic E-state index is 9.00.